The van der Waals surface area contributed by atoms with Gasteiger partial charge in [-0.1, -0.05) is 29.3 Å². The Hall–Kier alpha value is -1.52. The average molecular weight is 274 g/mol. The average Bonchev–Trinajstić information content (AvgIpc) is 2.25. The molecule has 0 aromatic heterocycles. The second-order valence-electron chi connectivity index (χ2n) is 3.13. The highest BCUT2D eigenvalue weighted by molar-refractivity contribution is 6.35. The lowest BCUT2D eigenvalue weighted by Crippen LogP contribution is -2.20. The Bertz CT molecular complexity index is 472. The number of hydrogen-bond donors (Lipinski definition) is 2. The summed E-state index contributed by atoms with van der Waals surface area (Å²) in [5, 5.41) is 11.8. The Morgan fingerprint density at radius 2 is 2.00 bits per heavy atom. The first-order chi connectivity index (χ1) is 7.99. The van der Waals surface area contributed by atoms with Crippen LogP contribution in [0.2, 0.25) is 10.0 Å². The van der Waals surface area contributed by atoms with Crippen molar-refractivity contribution in [3.8, 4) is 0 Å². The van der Waals surface area contributed by atoms with Crippen molar-refractivity contribution in [2.24, 2.45) is 0 Å². The molecule has 4 nitrogen and oxygen atoms in total. The summed E-state index contributed by atoms with van der Waals surface area (Å²) in [5.41, 5.74) is 0.702. The van der Waals surface area contributed by atoms with E-state index in [-0.39, 0.29) is 6.54 Å². The van der Waals surface area contributed by atoms with Gasteiger partial charge in [-0.15, -0.1) is 0 Å². The second-order valence-corrected chi connectivity index (χ2v) is 3.97. The van der Waals surface area contributed by atoms with Gasteiger partial charge in [0.1, 0.15) is 0 Å². The number of carboxylic acids is 1. The van der Waals surface area contributed by atoms with Gasteiger partial charge in [-0.3, -0.25) is 4.79 Å². The molecular weight excluding hydrogens is 265 g/mol. The first kappa shape index (κ1) is 13.5. The maximum Gasteiger partial charge on any atom is 0.328 e. The van der Waals surface area contributed by atoms with Crippen molar-refractivity contribution in [3.63, 3.8) is 0 Å². The van der Waals surface area contributed by atoms with Gasteiger partial charge in [0, 0.05) is 28.7 Å². The Morgan fingerprint density at radius 1 is 1.29 bits per heavy atom. The normalized spacial score (nSPS) is 10.5. The first-order valence-electron chi connectivity index (χ1n) is 4.62. The summed E-state index contributed by atoms with van der Waals surface area (Å²) in [4.78, 5) is 21.3. The molecular formula is C11H9Cl2NO3. The van der Waals surface area contributed by atoms with E-state index in [2.05, 4.69) is 5.32 Å². The monoisotopic (exact) mass is 273 g/mol. The minimum absolute atomic E-state index is 0.207. The first-order valence-corrected chi connectivity index (χ1v) is 5.37. The number of amides is 1. The van der Waals surface area contributed by atoms with Gasteiger partial charge in [0.2, 0.25) is 5.91 Å². The van der Waals surface area contributed by atoms with Crippen molar-refractivity contribution in [1.82, 2.24) is 5.32 Å². The molecule has 0 heterocycles. The maximum atomic E-state index is 11.2. The van der Waals surface area contributed by atoms with Crippen LogP contribution < -0.4 is 5.32 Å². The molecule has 1 rings (SSSR count). The van der Waals surface area contributed by atoms with Crippen molar-refractivity contribution in [2.75, 3.05) is 0 Å². The van der Waals surface area contributed by atoms with Gasteiger partial charge < -0.3 is 10.4 Å². The number of benzene rings is 1. The van der Waals surface area contributed by atoms with Gasteiger partial charge in [0.05, 0.1) is 0 Å². The summed E-state index contributed by atoms with van der Waals surface area (Å²) in [5.74, 6) is -1.68. The van der Waals surface area contributed by atoms with Gasteiger partial charge in [-0.25, -0.2) is 4.79 Å². The lowest BCUT2D eigenvalue weighted by Gasteiger charge is -2.05. The van der Waals surface area contributed by atoms with Crippen molar-refractivity contribution in [2.45, 2.75) is 6.54 Å². The number of nitrogens with one attached hydrogen (secondary N) is 1. The Morgan fingerprint density at radius 3 is 2.59 bits per heavy atom. The summed E-state index contributed by atoms with van der Waals surface area (Å²) in [6.07, 6.45) is 1.70. The summed E-state index contributed by atoms with van der Waals surface area (Å²) in [7, 11) is 0. The topological polar surface area (TPSA) is 66.4 Å². The SMILES string of the molecule is O=C(O)/C=C/C(=O)NCc1ccc(Cl)cc1Cl. The molecule has 2 N–H and O–H groups in total. The Kier molecular flexibility index (Phi) is 5.00. The van der Waals surface area contributed by atoms with Crippen molar-refractivity contribution < 1.29 is 14.7 Å². The third-order valence-electron chi connectivity index (χ3n) is 1.85. The van der Waals surface area contributed by atoms with Crippen LogP contribution in [0, 0.1) is 0 Å². The third-order valence-corrected chi connectivity index (χ3v) is 2.43. The van der Waals surface area contributed by atoms with E-state index < -0.39 is 11.9 Å². The van der Waals surface area contributed by atoms with E-state index in [0.717, 1.165) is 12.2 Å². The molecule has 0 saturated heterocycles. The fourth-order valence-electron chi connectivity index (χ4n) is 1.05. The van der Waals surface area contributed by atoms with Crippen molar-refractivity contribution in [3.05, 3.63) is 46.0 Å². The molecule has 0 bridgehead atoms. The predicted molar refractivity (Wildman–Crippen MR) is 65.1 cm³/mol. The number of halogens is 2. The van der Waals surface area contributed by atoms with E-state index in [0.29, 0.717) is 15.6 Å². The molecule has 0 radical (unpaired) electrons. The van der Waals surface area contributed by atoms with Crippen LogP contribution in [0.25, 0.3) is 0 Å². The molecule has 1 amide bonds. The lowest BCUT2D eigenvalue weighted by atomic mass is 10.2. The van der Waals surface area contributed by atoms with Crippen LogP contribution in [0.15, 0.2) is 30.4 Å². The molecule has 1 aromatic rings. The third kappa shape index (κ3) is 4.89. The predicted octanol–water partition coefficient (Wildman–Crippen LogP) is 2.25. The molecule has 0 spiro atoms. The number of carbonyl (C=O) groups is 2. The van der Waals surface area contributed by atoms with E-state index in [1.54, 1.807) is 18.2 Å². The molecule has 0 aliphatic carbocycles. The van der Waals surface area contributed by atoms with E-state index in [1.165, 1.54) is 0 Å². The van der Waals surface area contributed by atoms with Crippen LogP contribution in [0.5, 0.6) is 0 Å². The van der Waals surface area contributed by atoms with Crippen molar-refractivity contribution in [1.29, 1.82) is 0 Å². The zero-order chi connectivity index (χ0) is 12.8. The molecule has 0 fully saturated rings. The smallest absolute Gasteiger partial charge is 0.328 e. The van der Waals surface area contributed by atoms with Crippen LogP contribution in [-0.4, -0.2) is 17.0 Å². The Labute approximate surface area is 108 Å². The summed E-state index contributed by atoms with van der Waals surface area (Å²) >= 11 is 11.6. The molecule has 1 aromatic carbocycles. The summed E-state index contributed by atoms with van der Waals surface area (Å²) in [6.45, 7) is 0.207. The number of hydrogen-bond acceptors (Lipinski definition) is 2. The molecule has 0 saturated carbocycles. The largest absolute Gasteiger partial charge is 0.478 e. The van der Waals surface area contributed by atoms with Gasteiger partial charge >= 0.3 is 5.97 Å². The van der Waals surface area contributed by atoms with Crippen molar-refractivity contribution >= 4 is 35.1 Å². The molecule has 0 atom stereocenters. The van der Waals surface area contributed by atoms with Crippen LogP contribution in [0.3, 0.4) is 0 Å². The summed E-state index contributed by atoms with van der Waals surface area (Å²) in [6, 6.07) is 4.91. The molecule has 6 heteroatoms. The quantitative estimate of drug-likeness (QED) is 0.827. The standard InChI is InChI=1S/C11H9Cl2NO3/c12-8-2-1-7(9(13)5-8)6-14-10(15)3-4-11(16)17/h1-5H,6H2,(H,14,15)(H,16,17)/b4-3+. The van der Waals surface area contributed by atoms with Crippen LogP contribution in [0.4, 0.5) is 0 Å². The van der Waals surface area contributed by atoms with Gasteiger partial charge in [0.25, 0.3) is 0 Å². The van der Waals surface area contributed by atoms with Crippen LogP contribution in [0.1, 0.15) is 5.56 Å². The fourth-order valence-corrected chi connectivity index (χ4v) is 1.53. The maximum absolute atomic E-state index is 11.2. The Balaban J connectivity index is 2.56. The molecule has 17 heavy (non-hydrogen) atoms. The number of carbonyl (C=O) groups excluding carboxylic acids is 1. The van der Waals surface area contributed by atoms with Crippen LogP contribution in [-0.2, 0) is 16.1 Å². The number of rotatable bonds is 4. The van der Waals surface area contributed by atoms with Crippen LogP contribution >= 0.6 is 23.2 Å². The highest BCUT2D eigenvalue weighted by Crippen LogP contribution is 2.20. The van der Waals surface area contributed by atoms with E-state index >= 15 is 0 Å². The number of aliphatic carboxylic acids is 1. The molecule has 90 valence electrons. The fraction of sp³-hybridized carbons (Fsp3) is 0.0909. The number of carboxylic acid groups (broad SMARTS) is 1. The molecule has 0 aliphatic rings. The highest BCUT2D eigenvalue weighted by Gasteiger charge is 2.02. The zero-order valence-electron chi connectivity index (χ0n) is 8.61. The van der Waals surface area contributed by atoms with Gasteiger partial charge in [0.15, 0.2) is 0 Å². The molecule has 0 unspecified atom stereocenters. The molecule has 0 aliphatic heterocycles. The van der Waals surface area contributed by atoms with E-state index in [1.807, 2.05) is 0 Å². The second kappa shape index (κ2) is 6.27. The minimum Gasteiger partial charge on any atom is -0.478 e. The summed E-state index contributed by atoms with van der Waals surface area (Å²) < 4.78 is 0. The van der Waals surface area contributed by atoms with E-state index in [9.17, 15) is 9.59 Å². The van der Waals surface area contributed by atoms with Gasteiger partial charge in [-0.05, 0) is 17.7 Å². The van der Waals surface area contributed by atoms with E-state index in [4.69, 9.17) is 28.3 Å². The lowest BCUT2D eigenvalue weighted by molar-refractivity contribution is -0.131. The minimum atomic E-state index is -1.18. The highest BCUT2D eigenvalue weighted by atomic mass is 35.5. The zero-order valence-corrected chi connectivity index (χ0v) is 10.1. The van der Waals surface area contributed by atoms with Gasteiger partial charge in [-0.2, -0.15) is 0 Å².